The Balaban J connectivity index is 1.84. The number of allylic oxidation sites excluding steroid dienone is 1. The summed E-state index contributed by atoms with van der Waals surface area (Å²) in [6, 6.07) is 13.8. The van der Waals surface area contributed by atoms with Crippen molar-refractivity contribution in [1.82, 2.24) is 14.5 Å². The summed E-state index contributed by atoms with van der Waals surface area (Å²) in [6.45, 7) is 4.49. The van der Waals surface area contributed by atoms with Gasteiger partial charge in [-0.25, -0.2) is 14.4 Å². The number of hydrogen-bond donors (Lipinski definition) is 2. The molecule has 2 heterocycles. The van der Waals surface area contributed by atoms with Crippen molar-refractivity contribution in [2.45, 2.75) is 20.3 Å². The molecule has 8 nitrogen and oxygen atoms in total. The minimum Gasteiger partial charge on any atom is -0.494 e. The van der Waals surface area contributed by atoms with Crippen molar-refractivity contribution in [3.05, 3.63) is 96.2 Å². The Morgan fingerprint density at radius 3 is 2.56 bits per heavy atom. The summed E-state index contributed by atoms with van der Waals surface area (Å²) in [7, 11) is 0. The number of rotatable bonds is 6. The monoisotopic (exact) mass is 478 g/mol. The molecule has 0 fully saturated rings. The molecule has 1 aromatic heterocycles. The molecular formula is C25H23ClN4O4. The second kappa shape index (κ2) is 9.52. The number of carbonyl (C=O) groups excluding carboxylic acids is 1. The molecule has 0 radical (unpaired) electrons. The molecule has 34 heavy (non-hydrogen) atoms. The third-order valence-electron chi connectivity index (χ3n) is 5.72. The molecule has 2 aromatic carbocycles. The molecule has 0 saturated heterocycles. The fourth-order valence-electron chi connectivity index (χ4n) is 3.96. The number of nitrogens with one attached hydrogen (secondary N) is 1. The third-order valence-corrected chi connectivity index (χ3v) is 5.98. The Morgan fingerprint density at radius 1 is 1.18 bits per heavy atom. The van der Waals surface area contributed by atoms with Crippen LogP contribution in [0.2, 0.25) is 5.02 Å². The molecule has 0 unspecified atom stereocenters. The van der Waals surface area contributed by atoms with Crippen LogP contribution in [0, 0.1) is 0 Å². The first-order chi connectivity index (χ1) is 16.3. The highest BCUT2D eigenvalue weighted by Crippen LogP contribution is 2.25. The summed E-state index contributed by atoms with van der Waals surface area (Å²) in [5, 5.41) is 13.0. The van der Waals surface area contributed by atoms with Gasteiger partial charge in [0, 0.05) is 30.3 Å². The van der Waals surface area contributed by atoms with Crippen LogP contribution in [0.15, 0.2) is 68.8 Å². The van der Waals surface area contributed by atoms with E-state index in [1.165, 1.54) is 13.0 Å². The Hall–Kier alpha value is -3.91. The van der Waals surface area contributed by atoms with Gasteiger partial charge in [0.25, 0.3) is 5.56 Å². The molecule has 174 valence electrons. The zero-order valence-corrected chi connectivity index (χ0v) is 19.5. The van der Waals surface area contributed by atoms with Gasteiger partial charge in [-0.05, 0) is 55.3 Å². The number of aromatic nitrogens is 2. The van der Waals surface area contributed by atoms with Crippen LogP contribution in [-0.2, 0) is 4.79 Å². The van der Waals surface area contributed by atoms with E-state index >= 15 is 0 Å². The normalized spacial score (nSPS) is 13.6. The van der Waals surface area contributed by atoms with Crippen LogP contribution in [0.1, 0.15) is 25.8 Å². The van der Waals surface area contributed by atoms with Crippen molar-refractivity contribution < 1.29 is 9.90 Å². The molecular weight excluding hydrogens is 456 g/mol. The largest absolute Gasteiger partial charge is 0.494 e. The Morgan fingerprint density at radius 2 is 1.88 bits per heavy atom. The molecule has 1 amide bonds. The summed E-state index contributed by atoms with van der Waals surface area (Å²) in [4.78, 5) is 45.6. The van der Waals surface area contributed by atoms with E-state index < -0.39 is 17.1 Å². The smallest absolute Gasteiger partial charge is 0.335 e. The molecule has 3 aromatic rings. The van der Waals surface area contributed by atoms with Gasteiger partial charge in [0.05, 0.1) is 16.7 Å². The average Bonchev–Trinajstić information content (AvgIpc) is 3.15. The SMILES string of the molecule is CCN(CCC1=c2ccccc2=NC1=Cc1c(O)n(-c2ccc(Cl)cc2)c(=O)[nH]c1=O)C(C)=O. The van der Waals surface area contributed by atoms with Gasteiger partial charge >= 0.3 is 5.69 Å². The zero-order chi connectivity index (χ0) is 24.4. The zero-order valence-electron chi connectivity index (χ0n) is 18.7. The summed E-state index contributed by atoms with van der Waals surface area (Å²) < 4.78 is 1.00. The van der Waals surface area contributed by atoms with Crippen molar-refractivity contribution in [2.24, 2.45) is 4.99 Å². The summed E-state index contributed by atoms with van der Waals surface area (Å²) in [5.74, 6) is -0.533. The highest BCUT2D eigenvalue weighted by molar-refractivity contribution is 6.30. The van der Waals surface area contributed by atoms with Gasteiger partial charge in [-0.2, -0.15) is 0 Å². The molecule has 1 aliphatic heterocycles. The fourth-order valence-corrected chi connectivity index (χ4v) is 4.09. The molecule has 4 rings (SSSR count). The number of aromatic amines is 1. The van der Waals surface area contributed by atoms with Gasteiger partial charge in [0.15, 0.2) is 0 Å². The van der Waals surface area contributed by atoms with Crippen LogP contribution in [-0.4, -0.2) is 38.6 Å². The lowest BCUT2D eigenvalue weighted by atomic mass is 10.1. The van der Waals surface area contributed by atoms with Gasteiger partial charge in [-0.3, -0.25) is 14.6 Å². The standard InChI is InChI=1S/C25H23ClN4O4/c1-3-29(15(2)31)13-12-19-18-6-4-5-7-21(18)27-22(19)14-20-23(32)28-25(34)30(24(20)33)17-10-8-16(26)9-11-17/h4-11,14,33H,3,12-13H2,1-2H3,(H,28,32,34). The van der Waals surface area contributed by atoms with E-state index in [-0.39, 0.29) is 11.5 Å². The molecule has 0 atom stereocenters. The number of halogens is 1. The number of benzene rings is 2. The summed E-state index contributed by atoms with van der Waals surface area (Å²) in [5.41, 5.74) is 0.0741. The number of para-hydroxylation sites is 1. The van der Waals surface area contributed by atoms with Gasteiger partial charge in [-0.15, -0.1) is 0 Å². The molecule has 0 aliphatic carbocycles. The molecule has 2 N–H and O–H groups in total. The van der Waals surface area contributed by atoms with E-state index in [1.807, 2.05) is 31.2 Å². The van der Waals surface area contributed by atoms with Crippen LogP contribution < -0.4 is 21.8 Å². The maximum Gasteiger partial charge on any atom is 0.335 e. The first-order valence-corrected chi connectivity index (χ1v) is 11.2. The lowest BCUT2D eigenvalue weighted by Crippen LogP contribution is -2.31. The van der Waals surface area contributed by atoms with E-state index in [2.05, 4.69) is 9.98 Å². The first-order valence-electron chi connectivity index (χ1n) is 10.8. The molecule has 0 spiro atoms. The van der Waals surface area contributed by atoms with Crippen molar-refractivity contribution >= 4 is 29.2 Å². The summed E-state index contributed by atoms with van der Waals surface area (Å²) in [6.07, 6.45) is 1.98. The van der Waals surface area contributed by atoms with Gasteiger partial charge < -0.3 is 10.0 Å². The summed E-state index contributed by atoms with van der Waals surface area (Å²) >= 11 is 5.93. The Labute approximate surface area is 199 Å². The Bertz CT molecular complexity index is 1530. The highest BCUT2D eigenvalue weighted by Gasteiger charge is 2.19. The van der Waals surface area contributed by atoms with Crippen LogP contribution in [0.5, 0.6) is 5.88 Å². The van der Waals surface area contributed by atoms with E-state index in [4.69, 9.17) is 11.6 Å². The molecule has 0 saturated carbocycles. The number of hydrogen-bond acceptors (Lipinski definition) is 5. The number of H-pyrrole nitrogens is 1. The van der Waals surface area contributed by atoms with Crippen LogP contribution >= 0.6 is 11.6 Å². The predicted octanol–water partition coefficient (Wildman–Crippen LogP) is 1.97. The van der Waals surface area contributed by atoms with Crippen LogP contribution in [0.25, 0.3) is 17.3 Å². The quantitative estimate of drug-likeness (QED) is 0.564. The minimum absolute atomic E-state index is 0.0269. The molecule has 0 bridgehead atoms. The van der Waals surface area contributed by atoms with Crippen molar-refractivity contribution in [3.63, 3.8) is 0 Å². The second-order valence-corrected chi connectivity index (χ2v) is 8.23. The first kappa shape index (κ1) is 23.3. The lowest BCUT2D eigenvalue weighted by Gasteiger charge is -2.19. The van der Waals surface area contributed by atoms with Gasteiger partial charge in [-0.1, -0.05) is 29.8 Å². The highest BCUT2D eigenvalue weighted by atomic mass is 35.5. The lowest BCUT2D eigenvalue weighted by molar-refractivity contribution is -0.128. The number of aromatic hydroxyl groups is 1. The fraction of sp³-hybridized carbons (Fsp3) is 0.200. The minimum atomic E-state index is -0.775. The van der Waals surface area contributed by atoms with Crippen molar-refractivity contribution in [3.8, 4) is 11.6 Å². The van der Waals surface area contributed by atoms with E-state index in [0.29, 0.717) is 35.9 Å². The van der Waals surface area contributed by atoms with Crippen molar-refractivity contribution in [1.29, 1.82) is 0 Å². The van der Waals surface area contributed by atoms with Crippen LogP contribution in [0.3, 0.4) is 0 Å². The number of nitrogens with zero attached hydrogens (tertiary/aromatic N) is 3. The third kappa shape index (κ3) is 4.45. The topological polar surface area (TPSA) is 108 Å². The second-order valence-electron chi connectivity index (χ2n) is 7.79. The van der Waals surface area contributed by atoms with E-state index in [1.54, 1.807) is 29.2 Å². The molecule has 9 heteroatoms. The van der Waals surface area contributed by atoms with E-state index in [9.17, 15) is 19.5 Å². The maximum atomic E-state index is 12.7. The number of amides is 1. The predicted molar refractivity (Wildman–Crippen MR) is 130 cm³/mol. The van der Waals surface area contributed by atoms with Gasteiger partial charge in [0.2, 0.25) is 11.8 Å². The maximum absolute atomic E-state index is 12.7. The molecule has 1 aliphatic rings. The number of carbonyl (C=O) groups is 1. The average molecular weight is 479 g/mol. The Kier molecular flexibility index (Phi) is 6.51. The van der Waals surface area contributed by atoms with E-state index in [0.717, 1.165) is 20.7 Å². The van der Waals surface area contributed by atoms with Crippen LogP contribution in [0.4, 0.5) is 0 Å². The number of fused-ring (bicyclic) bond motifs is 1. The van der Waals surface area contributed by atoms with Crippen molar-refractivity contribution in [2.75, 3.05) is 13.1 Å². The van der Waals surface area contributed by atoms with Gasteiger partial charge in [0.1, 0.15) is 5.56 Å².